The molecule has 29 heavy (non-hydrogen) atoms. The minimum Gasteiger partial charge on any atom is -0.476 e. The van der Waals surface area contributed by atoms with Gasteiger partial charge in [0.25, 0.3) is 5.91 Å². The summed E-state index contributed by atoms with van der Waals surface area (Å²) in [6, 6.07) is 27.5. The number of hydrogen-bond acceptors (Lipinski definition) is 3. The fourth-order valence-corrected chi connectivity index (χ4v) is 3.62. The second-order valence-corrected chi connectivity index (χ2v) is 7.30. The minimum absolute atomic E-state index is 0.149. The molecule has 1 aliphatic rings. The van der Waals surface area contributed by atoms with Crippen molar-refractivity contribution >= 4 is 11.6 Å². The van der Waals surface area contributed by atoms with Crippen LogP contribution < -0.4 is 15.0 Å². The zero-order valence-electron chi connectivity index (χ0n) is 16.5. The quantitative estimate of drug-likeness (QED) is 0.639. The molecule has 4 rings (SSSR count). The zero-order chi connectivity index (χ0) is 19.9. The molecule has 0 aromatic heterocycles. The van der Waals surface area contributed by atoms with E-state index < -0.39 is 6.10 Å². The number of carbonyl (C=O) groups is 1. The Bertz CT molecular complexity index is 905. The molecule has 3 aromatic rings. The van der Waals surface area contributed by atoms with E-state index in [-0.39, 0.29) is 5.91 Å². The number of amides is 1. The van der Waals surface area contributed by atoms with Gasteiger partial charge in [-0.2, -0.15) is 0 Å². The Morgan fingerprint density at radius 2 is 1.48 bits per heavy atom. The number of nitrogens with one attached hydrogen (secondary N) is 1. The Hall–Kier alpha value is -3.27. The van der Waals surface area contributed by atoms with Gasteiger partial charge in [0.1, 0.15) is 5.75 Å². The van der Waals surface area contributed by atoms with Crippen LogP contribution in [-0.2, 0) is 11.3 Å². The summed E-state index contributed by atoms with van der Waals surface area (Å²) in [6.45, 7) is 2.73. The Balaban J connectivity index is 1.42. The van der Waals surface area contributed by atoms with Crippen LogP contribution in [-0.4, -0.2) is 19.0 Å². The molecule has 1 amide bonds. The van der Waals surface area contributed by atoms with Crippen LogP contribution in [0.4, 0.5) is 5.69 Å². The van der Waals surface area contributed by atoms with E-state index in [0.29, 0.717) is 12.3 Å². The van der Waals surface area contributed by atoms with E-state index in [2.05, 4.69) is 34.5 Å². The van der Waals surface area contributed by atoms with Crippen molar-refractivity contribution in [3.05, 3.63) is 96.1 Å². The van der Waals surface area contributed by atoms with E-state index in [0.717, 1.165) is 24.2 Å². The maximum absolute atomic E-state index is 13.0. The maximum atomic E-state index is 13.0. The predicted molar refractivity (Wildman–Crippen MR) is 116 cm³/mol. The standard InChI is InChI=1S/C25H26N2O2/c28-25(26-19-20-13-15-22(16-14-20)27-17-7-8-18-27)24(21-9-3-1-4-10-21)29-23-11-5-2-6-12-23/h1-6,9-16,24H,7-8,17-19H2,(H,26,28). The van der Waals surface area contributed by atoms with Crippen LogP contribution in [0, 0.1) is 0 Å². The summed E-state index contributed by atoms with van der Waals surface area (Å²) < 4.78 is 6.02. The largest absolute Gasteiger partial charge is 0.476 e. The van der Waals surface area contributed by atoms with Crippen LogP contribution in [0.1, 0.15) is 30.1 Å². The highest BCUT2D eigenvalue weighted by molar-refractivity contribution is 5.82. The number of hydrogen-bond donors (Lipinski definition) is 1. The molecule has 4 nitrogen and oxygen atoms in total. The van der Waals surface area contributed by atoms with Crippen LogP contribution in [0.25, 0.3) is 0 Å². The van der Waals surface area contributed by atoms with Crippen LogP contribution in [0.5, 0.6) is 5.75 Å². The molecule has 3 aromatic carbocycles. The molecule has 1 unspecified atom stereocenters. The molecule has 0 bridgehead atoms. The van der Waals surface area contributed by atoms with Crippen molar-refractivity contribution in [3.8, 4) is 5.75 Å². The number of rotatable bonds is 7. The fourth-order valence-electron chi connectivity index (χ4n) is 3.62. The predicted octanol–water partition coefficient (Wildman–Crippen LogP) is 4.72. The molecule has 1 atom stereocenters. The average Bonchev–Trinajstić information content (AvgIpc) is 3.32. The summed E-state index contributed by atoms with van der Waals surface area (Å²) in [7, 11) is 0. The summed E-state index contributed by atoms with van der Waals surface area (Å²) in [5.41, 5.74) is 3.17. The topological polar surface area (TPSA) is 41.6 Å². The molecule has 1 fully saturated rings. The molecule has 0 spiro atoms. The van der Waals surface area contributed by atoms with Crippen molar-refractivity contribution in [1.29, 1.82) is 0 Å². The first-order valence-electron chi connectivity index (χ1n) is 10.2. The van der Waals surface area contributed by atoms with Gasteiger partial charge in [0.2, 0.25) is 6.10 Å². The van der Waals surface area contributed by atoms with Crippen LogP contribution in [0.15, 0.2) is 84.9 Å². The highest BCUT2D eigenvalue weighted by Crippen LogP contribution is 2.23. The maximum Gasteiger partial charge on any atom is 0.266 e. The van der Waals surface area contributed by atoms with E-state index in [1.165, 1.54) is 18.5 Å². The summed E-state index contributed by atoms with van der Waals surface area (Å²) in [5.74, 6) is 0.523. The van der Waals surface area contributed by atoms with Gasteiger partial charge in [-0.1, -0.05) is 60.7 Å². The first-order valence-corrected chi connectivity index (χ1v) is 10.2. The molecule has 4 heteroatoms. The van der Waals surface area contributed by atoms with Gasteiger partial charge in [-0.3, -0.25) is 4.79 Å². The summed E-state index contributed by atoms with van der Waals surface area (Å²) in [6.07, 6.45) is 1.84. The van der Waals surface area contributed by atoms with Gasteiger partial charge >= 0.3 is 0 Å². The van der Waals surface area contributed by atoms with Crippen molar-refractivity contribution in [2.45, 2.75) is 25.5 Å². The molecule has 0 saturated carbocycles. The third kappa shape index (κ3) is 4.96. The van der Waals surface area contributed by atoms with Gasteiger partial charge in [-0.25, -0.2) is 0 Å². The lowest BCUT2D eigenvalue weighted by Crippen LogP contribution is -2.32. The molecule has 1 saturated heterocycles. The number of anilines is 1. The second-order valence-electron chi connectivity index (χ2n) is 7.30. The normalized spacial score (nSPS) is 14.4. The highest BCUT2D eigenvalue weighted by atomic mass is 16.5. The van der Waals surface area contributed by atoms with Crippen LogP contribution in [0.3, 0.4) is 0 Å². The number of carbonyl (C=O) groups excluding carboxylic acids is 1. The summed E-state index contributed by atoms with van der Waals surface area (Å²) >= 11 is 0. The van der Waals surface area contributed by atoms with Crippen molar-refractivity contribution in [1.82, 2.24) is 5.32 Å². The van der Waals surface area contributed by atoms with E-state index in [1.54, 1.807) is 0 Å². The van der Waals surface area contributed by atoms with Crippen molar-refractivity contribution < 1.29 is 9.53 Å². The third-order valence-electron chi connectivity index (χ3n) is 5.21. The number of benzene rings is 3. The first kappa shape index (κ1) is 19.1. The van der Waals surface area contributed by atoms with Crippen molar-refractivity contribution in [3.63, 3.8) is 0 Å². The lowest BCUT2D eigenvalue weighted by Gasteiger charge is -2.20. The average molecular weight is 386 g/mol. The van der Waals surface area contributed by atoms with Gasteiger partial charge in [-0.05, 0) is 42.7 Å². The van der Waals surface area contributed by atoms with Gasteiger partial charge in [-0.15, -0.1) is 0 Å². The fraction of sp³-hybridized carbons (Fsp3) is 0.240. The van der Waals surface area contributed by atoms with E-state index in [1.807, 2.05) is 60.7 Å². The molecule has 0 radical (unpaired) electrons. The molecule has 0 aliphatic carbocycles. The zero-order valence-corrected chi connectivity index (χ0v) is 16.5. The Labute approximate surface area is 172 Å². The molecular weight excluding hydrogens is 360 g/mol. The Morgan fingerprint density at radius 1 is 0.862 bits per heavy atom. The van der Waals surface area contributed by atoms with E-state index in [9.17, 15) is 4.79 Å². The first-order chi connectivity index (χ1) is 14.3. The van der Waals surface area contributed by atoms with E-state index in [4.69, 9.17) is 4.74 Å². The minimum atomic E-state index is -0.692. The molecule has 1 heterocycles. The van der Waals surface area contributed by atoms with Crippen molar-refractivity contribution in [2.24, 2.45) is 0 Å². The lowest BCUT2D eigenvalue weighted by molar-refractivity contribution is -0.128. The molecule has 1 N–H and O–H groups in total. The lowest BCUT2D eigenvalue weighted by atomic mass is 10.1. The number of ether oxygens (including phenoxy) is 1. The summed E-state index contributed by atoms with van der Waals surface area (Å²) in [5, 5.41) is 3.03. The third-order valence-corrected chi connectivity index (χ3v) is 5.21. The van der Waals surface area contributed by atoms with Gasteiger partial charge in [0, 0.05) is 30.9 Å². The monoisotopic (exact) mass is 386 g/mol. The van der Waals surface area contributed by atoms with E-state index >= 15 is 0 Å². The van der Waals surface area contributed by atoms with Crippen LogP contribution >= 0.6 is 0 Å². The van der Waals surface area contributed by atoms with Gasteiger partial charge < -0.3 is 15.0 Å². The van der Waals surface area contributed by atoms with Gasteiger partial charge in [0.05, 0.1) is 0 Å². The number of para-hydroxylation sites is 1. The Morgan fingerprint density at radius 3 is 2.14 bits per heavy atom. The molecule has 1 aliphatic heterocycles. The smallest absolute Gasteiger partial charge is 0.266 e. The molecular formula is C25H26N2O2. The van der Waals surface area contributed by atoms with Gasteiger partial charge in [0.15, 0.2) is 0 Å². The van der Waals surface area contributed by atoms with Crippen molar-refractivity contribution in [2.75, 3.05) is 18.0 Å². The number of nitrogens with zero attached hydrogens (tertiary/aromatic N) is 1. The molecule has 148 valence electrons. The summed E-state index contributed by atoms with van der Waals surface area (Å²) in [4.78, 5) is 15.4. The second kappa shape index (κ2) is 9.28. The van der Waals surface area contributed by atoms with Crippen LogP contribution in [0.2, 0.25) is 0 Å². The Kier molecular flexibility index (Phi) is 6.10. The SMILES string of the molecule is O=C(NCc1ccc(N2CCCC2)cc1)C(Oc1ccccc1)c1ccccc1. The highest BCUT2D eigenvalue weighted by Gasteiger charge is 2.22.